The molecule has 1 saturated heterocycles. The first-order valence-electron chi connectivity index (χ1n) is 22.0. The summed E-state index contributed by atoms with van der Waals surface area (Å²) in [5, 5.41) is 14.4. The number of halogens is 13. The first-order chi connectivity index (χ1) is 33.4. The Labute approximate surface area is 433 Å². The first kappa shape index (κ1) is 62.2. The topological polar surface area (TPSA) is 142 Å². The van der Waals surface area contributed by atoms with E-state index in [1.54, 1.807) is 12.1 Å². The summed E-state index contributed by atoms with van der Waals surface area (Å²) in [6.07, 6.45) is -12.2. The van der Waals surface area contributed by atoms with Crippen LogP contribution in [-0.4, -0.2) is 95.3 Å². The Hall–Kier alpha value is -5.32. The van der Waals surface area contributed by atoms with Gasteiger partial charge in [0, 0.05) is 45.8 Å². The van der Waals surface area contributed by atoms with Crippen molar-refractivity contribution in [1.29, 1.82) is 0 Å². The SMILES string of the molecule is C.C.C.C[C@H](Oc1ncc(-c2ccc3nnc(C(F)(F)OCC4CC4)n3c2)cc1F)C(F)(F)F.C[C@H](Oc1ncc(B2OC(C)(C)C(C)(C)O2)cc1F)C(F)(F)F.FC(F)(OCC1CC1)c1nnc2ccc(Br)cn12. The Morgan fingerprint density at radius 2 is 1.05 bits per heavy atom. The van der Waals surface area contributed by atoms with Crippen LogP contribution in [0.2, 0.25) is 0 Å². The van der Waals surface area contributed by atoms with E-state index < -0.39 is 90.1 Å². The molecular formula is C47H56BBrF12N8O6. The summed E-state index contributed by atoms with van der Waals surface area (Å²) in [6.45, 7) is 8.80. The van der Waals surface area contributed by atoms with Gasteiger partial charge in [-0.15, -0.1) is 20.4 Å². The van der Waals surface area contributed by atoms with Crippen molar-refractivity contribution in [3.05, 3.63) is 88.9 Å². The highest BCUT2D eigenvalue weighted by molar-refractivity contribution is 9.10. The first-order valence-corrected chi connectivity index (χ1v) is 22.8. The van der Waals surface area contributed by atoms with Gasteiger partial charge in [-0.2, -0.15) is 43.9 Å². The molecule has 6 aromatic heterocycles. The van der Waals surface area contributed by atoms with E-state index >= 15 is 0 Å². The third-order valence-corrected chi connectivity index (χ3v) is 12.1. The van der Waals surface area contributed by atoms with Crippen LogP contribution in [0, 0.1) is 23.5 Å². The van der Waals surface area contributed by atoms with Gasteiger partial charge in [-0.25, -0.2) is 18.7 Å². The number of aromatic nitrogens is 8. The van der Waals surface area contributed by atoms with Crippen molar-refractivity contribution >= 4 is 39.8 Å². The molecule has 9 rings (SSSR count). The van der Waals surface area contributed by atoms with E-state index in [0.29, 0.717) is 10.1 Å². The van der Waals surface area contributed by atoms with Gasteiger partial charge in [-0.3, -0.25) is 8.80 Å². The van der Waals surface area contributed by atoms with E-state index in [9.17, 15) is 52.7 Å². The van der Waals surface area contributed by atoms with Crippen LogP contribution < -0.4 is 14.9 Å². The highest BCUT2D eigenvalue weighted by Crippen LogP contribution is 2.39. The van der Waals surface area contributed by atoms with Gasteiger partial charge < -0.3 is 28.3 Å². The molecule has 0 spiro atoms. The van der Waals surface area contributed by atoms with Crippen LogP contribution >= 0.6 is 15.9 Å². The number of hydrogen-bond donors (Lipinski definition) is 0. The summed E-state index contributed by atoms with van der Waals surface area (Å²) < 4.78 is 193. The minimum Gasteiger partial charge on any atom is -0.463 e. The summed E-state index contributed by atoms with van der Waals surface area (Å²) in [4.78, 5) is 7.21. The maximum atomic E-state index is 14.5. The van der Waals surface area contributed by atoms with Crippen LogP contribution in [0.15, 0.2) is 65.7 Å². The standard InChI is InChI=1S/C19H16F6N4O2.C14H18BF4NO3.C11H10BrF2N3O.3CH4/c1-10(18(21,22)23)31-16-14(20)6-13(7-26-16)12-4-5-15-27-28-17(29(15)8-12)19(24,25)30-9-11-2-3-11;1-8(14(17,18)19)21-11-10(16)6-9(7-20-11)15-22-12(2,3)13(4,5)23-15;12-8-3-4-9-15-16-10(17(9)5-8)11(13,14)18-6-7-1-2-7;;;/h4-8,10-11H,2-3,9H2,1H3;6-8H,1-5H3;3-5,7H,1-2,6H2;3*1H4/t10-;8-;;;;/m00..../s1. The van der Waals surface area contributed by atoms with Crippen molar-refractivity contribution in [3.63, 3.8) is 0 Å². The van der Waals surface area contributed by atoms with Gasteiger partial charge in [-0.1, -0.05) is 22.3 Å². The number of fused-ring (bicyclic) bond motifs is 2. The molecule has 75 heavy (non-hydrogen) atoms. The van der Waals surface area contributed by atoms with E-state index in [2.05, 4.69) is 60.5 Å². The zero-order valence-electron chi connectivity index (χ0n) is 38.8. The van der Waals surface area contributed by atoms with Crippen LogP contribution in [0.5, 0.6) is 11.8 Å². The number of hydrogen-bond acceptors (Lipinski definition) is 12. The third-order valence-electron chi connectivity index (χ3n) is 11.7. The molecule has 1 aliphatic heterocycles. The van der Waals surface area contributed by atoms with Crippen LogP contribution in [0.3, 0.4) is 0 Å². The summed E-state index contributed by atoms with van der Waals surface area (Å²) in [6, 6.07) is 8.09. The van der Waals surface area contributed by atoms with Crippen LogP contribution in [0.4, 0.5) is 52.7 Å². The molecule has 2 atom stereocenters. The fourth-order valence-electron chi connectivity index (χ4n) is 6.24. The average molecular weight is 1150 g/mol. The molecule has 0 aromatic carbocycles. The fraction of sp³-hybridized carbons (Fsp3) is 0.532. The lowest BCUT2D eigenvalue weighted by Crippen LogP contribution is -2.41. The highest BCUT2D eigenvalue weighted by atomic mass is 79.9. The normalized spacial score (nSPS) is 17.1. The Balaban J connectivity index is 0.000000247. The predicted molar refractivity (Wildman–Crippen MR) is 254 cm³/mol. The second-order valence-corrected chi connectivity index (χ2v) is 19.0. The maximum Gasteiger partial charge on any atom is 0.496 e. The second kappa shape index (κ2) is 23.5. The van der Waals surface area contributed by atoms with Crippen LogP contribution in [0.1, 0.15) is 101 Å². The highest BCUT2D eigenvalue weighted by Gasteiger charge is 2.52. The fourth-order valence-corrected chi connectivity index (χ4v) is 6.58. The monoisotopic (exact) mass is 1150 g/mol. The zero-order chi connectivity index (χ0) is 52.8. The molecule has 3 fully saturated rings. The Morgan fingerprint density at radius 1 is 0.627 bits per heavy atom. The minimum absolute atomic E-state index is 0. The van der Waals surface area contributed by atoms with Crippen LogP contribution in [0.25, 0.3) is 22.4 Å². The van der Waals surface area contributed by atoms with Crippen molar-refractivity contribution in [1.82, 2.24) is 39.2 Å². The number of ether oxygens (including phenoxy) is 4. The number of rotatable bonds is 14. The molecular weight excluding hydrogens is 1090 g/mol. The third kappa shape index (κ3) is 15.2. The number of alkyl halides is 10. The van der Waals surface area contributed by atoms with Gasteiger partial charge in [0.25, 0.3) is 11.8 Å². The van der Waals surface area contributed by atoms with E-state index in [0.717, 1.165) is 62.3 Å². The quantitative estimate of drug-likeness (QED) is 0.0757. The van der Waals surface area contributed by atoms with E-state index in [1.165, 1.54) is 35.1 Å². The second-order valence-electron chi connectivity index (χ2n) is 18.1. The molecule has 14 nitrogen and oxygen atoms in total. The van der Waals surface area contributed by atoms with E-state index in [-0.39, 0.29) is 69.6 Å². The Morgan fingerprint density at radius 3 is 1.48 bits per heavy atom. The molecule has 414 valence electrons. The van der Waals surface area contributed by atoms with Crippen molar-refractivity contribution < 1.29 is 80.9 Å². The summed E-state index contributed by atoms with van der Waals surface area (Å²) in [5.74, 6) is -4.52. The van der Waals surface area contributed by atoms with Crippen molar-refractivity contribution in [2.75, 3.05) is 13.2 Å². The molecule has 0 N–H and O–H groups in total. The van der Waals surface area contributed by atoms with Gasteiger partial charge in [0.2, 0.25) is 11.6 Å². The van der Waals surface area contributed by atoms with Gasteiger partial charge in [0.05, 0.1) is 24.4 Å². The summed E-state index contributed by atoms with van der Waals surface area (Å²) in [7, 11) is -0.851. The average Bonchev–Trinajstić information content (AvgIpc) is 4.20. The molecule has 2 saturated carbocycles. The summed E-state index contributed by atoms with van der Waals surface area (Å²) in [5.41, 5.74) is -0.0964. The minimum atomic E-state index is -4.69. The molecule has 0 amide bonds. The number of pyridine rings is 4. The number of nitrogens with zero attached hydrogens (tertiary/aromatic N) is 8. The predicted octanol–water partition coefficient (Wildman–Crippen LogP) is 12.5. The zero-order valence-corrected chi connectivity index (χ0v) is 40.4. The van der Waals surface area contributed by atoms with Gasteiger partial charge in [0.1, 0.15) is 0 Å². The van der Waals surface area contributed by atoms with Crippen molar-refractivity contribution in [3.8, 4) is 22.9 Å². The lowest BCUT2D eigenvalue weighted by molar-refractivity contribution is -0.257. The molecule has 28 heteroatoms. The molecule has 7 heterocycles. The van der Waals surface area contributed by atoms with Crippen LogP contribution in [-0.2, 0) is 31.0 Å². The smallest absolute Gasteiger partial charge is 0.463 e. The van der Waals surface area contributed by atoms with Gasteiger partial charge in [0.15, 0.2) is 35.1 Å². The largest absolute Gasteiger partial charge is 0.496 e. The lowest BCUT2D eigenvalue weighted by atomic mass is 9.80. The van der Waals surface area contributed by atoms with Crippen molar-refractivity contribution in [2.24, 2.45) is 11.8 Å². The van der Waals surface area contributed by atoms with Crippen molar-refractivity contribution in [2.45, 2.75) is 137 Å². The Bertz CT molecular complexity index is 2850. The maximum absolute atomic E-state index is 14.5. The van der Waals surface area contributed by atoms with Gasteiger partial charge >= 0.3 is 31.7 Å². The summed E-state index contributed by atoms with van der Waals surface area (Å²) >= 11 is 3.23. The molecule has 0 radical (unpaired) electrons. The molecule has 3 aliphatic rings. The molecule has 0 unspecified atom stereocenters. The molecule has 2 aliphatic carbocycles. The van der Waals surface area contributed by atoms with Gasteiger partial charge in [-0.05, 0) is 131 Å². The van der Waals surface area contributed by atoms with E-state index in [1.807, 2.05) is 27.7 Å². The molecule has 0 bridgehead atoms. The van der Waals surface area contributed by atoms with E-state index in [4.69, 9.17) is 14.0 Å². The molecule has 6 aromatic rings. The Kier molecular flexibility index (Phi) is 19.5. The lowest BCUT2D eigenvalue weighted by Gasteiger charge is -2.32.